The fourth-order valence-electron chi connectivity index (χ4n) is 2.70. The van der Waals surface area contributed by atoms with Crippen molar-refractivity contribution in [3.05, 3.63) is 39.3 Å². The van der Waals surface area contributed by atoms with Crippen molar-refractivity contribution >= 4 is 17.2 Å². The van der Waals surface area contributed by atoms with Gasteiger partial charge < -0.3 is 10.1 Å². The number of nitrogens with zero attached hydrogens (tertiary/aromatic N) is 2. The number of thiophene rings is 1. The van der Waals surface area contributed by atoms with E-state index < -0.39 is 0 Å². The molecule has 5 nitrogen and oxygen atoms in total. The normalized spacial score (nSPS) is 17.8. The summed E-state index contributed by atoms with van der Waals surface area (Å²) >= 11 is 1.75. The first-order chi connectivity index (χ1) is 10.7. The molecule has 0 radical (unpaired) electrons. The quantitative estimate of drug-likeness (QED) is 0.921. The summed E-state index contributed by atoms with van der Waals surface area (Å²) in [7, 11) is 1.85. The van der Waals surface area contributed by atoms with Crippen molar-refractivity contribution < 1.29 is 9.53 Å². The minimum absolute atomic E-state index is 0.0542. The third-order valence-electron chi connectivity index (χ3n) is 3.91. The number of hydrogen-bond donors (Lipinski definition) is 1. The third-order valence-corrected chi connectivity index (χ3v) is 5.14. The van der Waals surface area contributed by atoms with Crippen LogP contribution in [0.4, 0.5) is 0 Å². The van der Waals surface area contributed by atoms with E-state index in [-0.39, 0.29) is 11.8 Å². The highest BCUT2D eigenvalue weighted by Crippen LogP contribution is 2.26. The molecule has 1 N–H and O–H groups in total. The average Bonchev–Trinajstić information content (AvgIpc) is 3.24. The van der Waals surface area contributed by atoms with E-state index in [2.05, 4.69) is 29.5 Å². The Labute approximate surface area is 134 Å². The first-order valence-corrected chi connectivity index (χ1v) is 8.46. The average molecular weight is 319 g/mol. The second-order valence-electron chi connectivity index (χ2n) is 5.57. The van der Waals surface area contributed by atoms with E-state index in [4.69, 9.17) is 4.74 Å². The van der Waals surface area contributed by atoms with Crippen LogP contribution in [0.5, 0.6) is 0 Å². The predicted octanol–water partition coefficient (Wildman–Crippen LogP) is 2.48. The first-order valence-electron chi connectivity index (χ1n) is 7.64. The number of nitrogens with one attached hydrogen (secondary N) is 1. The molecule has 2 aromatic heterocycles. The van der Waals surface area contributed by atoms with Gasteiger partial charge in [0.1, 0.15) is 0 Å². The summed E-state index contributed by atoms with van der Waals surface area (Å²) in [5.74, 6) is 0.178. The smallest absolute Gasteiger partial charge is 0.255 e. The molecule has 3 heterocycles. The van der Waals surface area contributed by atoms with Crippen LogP contribution >= 0.6 is 11.3 Å². The number of carbonyl (C=O) groups is 1. The van der Waals surface area contributed by atoms with Gasteiger partial charge in [-0.3, -0.25) is 9.48 Å². The number of rotatable bonds is 5. The van der Waals surface area contributed by atoms with Crippen molar-refractivity contribution in [3.63, 3.8) is 0 Å². The standard InChI is InChI=1S/C16H21N3O2S/c1-3-12-4-5-13(22-12)8-17-16(20)14-9-19(2)18-15(14)11-6-7-21-10-11/h4-5,9,11H,3,6-8,10H2,1-2H3,(H,17,20)/t11-/m0/s1. The van der Waals surface area contributed by atoms with Crippen LogP contribution in [0.3, 0.4) is 0 Å². The molecule has 0 spiro atoms. The van der Waals surface area contributed by atoms with Crippen molar-refractivity contribution in [1.82, 2.24) is 15.1 Å². The van der Waals surface area contributed by atoms with Gasteiger partial charge in [0.15, 0.2) is 0 Å². The molecular formula is C16H21N3O2S. The largest absolute Gasteiger partial charge is 0.381 e. The SMILES string of the molecule is CCc1ccc(CNC(=O)c2cn(C)nc2[C@H]2CCOC2)s1. The first kappa shape index (κ1) is 15.2. The molecule has 1 amide bonds. The predicted molar refractivity (Wildman–Crippen MR) is 86.3 cm³/mol. The molecule has 118 valence electrons. The Morgan fingerprint density at radius 2 is 2.32 bits per heavy atom. The summed E-state index contributed by atoms with van der Waals surface area (Å²) in [6, 6.07) is 4.20. The number of aromatic nitrogens is 2. The molecule has 22 heavy (non-hydrogen) atoms. The van der Waals surface area contributed by atoms with Crippen molar-refractivity contribution in [2.75, 3.05) is 13.2 Å². The van der Waals surface area contributed by atoms with Crippen LogP contribution in [-0.4, -0.2) is 28.9 Å². The van der Waals surface area contributed by atoms with Gasteiger partial charge in [-0.25, -0.2) is 0 Å². The van der Waals surface area contributed by atoms with Crippen LogP contribution in [0.1, 0.15) is 45.1 Å². The molecule has 0 aliphatic carbocycles. The van der Waals surface area contributed by atoms with Gasteiger partial charge in [0.25, 0.3) is 5.91 Å². The van der Waals surface area contributed by atoms with Gasteiger partial charge in [-0.1, -0.05) is 6.92 Å². The summed E-state index contributed by atoms with van der Waals surface area (Å²) in [5.41, 5.74) is 1.53. The van der Waals surface area contributed by atoms with Crippen LogP contribution in [-0.2, 0) is 24.8 Å². The van der Waals surface area contributed by atoms with E-state index in [9.17, 15) is 4.79 Å². The van der Waals surface area contributed by atoms with Crippen molar-refractivity contribution in [2.45, 2.75) is 32.2 Å². The molecule has 1 fully saturated rings. The minimum atomic E-state index is -0.0542. The highest BCUT2D eigenvalue weighted by Gasteiger charge is 2.26. The van der Waals surface area contributed by atoms with Crippen LogP contribution in [0.2, 0.25) is 0 Å². The molecule has 1 aliphatic rings. The summed E-state index contributed by atoms with van der Waals surface area (Å²) in [6.45, 7) is 4.11. The molecule has 1 aliphatic heterocycles. The van der Waals surface area contributed by atoms with Gasteiger partial charge in [0, 0.05) is 35.5 Å². The number of aryl methyl sites for hydroxylation is 2. The second-order valence-corrected chi connectivity index (χ2v) is 6.82. The monoisotopic (exact) mass is 319 g/mol. The lowest BCUT2D eigenvalue weighted by Crippen LogP contribution is -2.23. The third kappa shape index (κ3) is 3.23. The van der Waals surface area contributed by atoms with Crippen molar-refractivity contribution in [2.24, 2.45) is 7.05 Å². The van der Waals surface area contributed by atoms with E-state index >= 15 is 0 Å². The zero-order valence-corrected chi connectivity index (χ0v) is 13.8. The molecule has 0 unspecified atom stereocenters. The molecule has 0 bridgehead atoms. The Morgan fingerprint density at radius 1 is 1.50 bits per heavy atom. The maximum Gasteiger partial charge on any atom is 0.255 e. The van der Waals surface area contributed by atoms with E-state index in [0.717, 1.165) is 25.1 Å². The molecule has 6 heteroatoms. The van der Waals surface area contributed by atoms with Crippen LogP contribution in [0.15, 0.2) is 18.3 Å². The van der Waals surface area contributed by atoms with Gasteiger partial charge in [-0.2, -0.15) is 5.10 Å². The van der Waals surface area contributed by atoms with Crippen LogP contribution in [0.25, 0.3) is 0 Å². The van der Waals surface area contributed by atoms with Crippen LogP contribution in [0, 0.1) is 0 Å². The van der Waals surface area contributed by atoms with Gasteiger partial charge in [-0.15, -0.1) is 11.3 Å². The second kappa shape index (κ2) is 6.62. The summed E-state index contributed by atoms with van der Waals surface area (Å²) in [6.07, 6.45) is 3.77. The van der Waals surface area contributed by atoms with Gasteiger partial charge in [0.2, 0.25) is 0 Å². The number of ether oxygens (including phenoxy) is 1. The molecule has 1 atom stereocenters. The van der Waals surface area contributed by atoms with Gasteiger partial charge in [0.05, 0.1) is 24.4 Å². The van der Waals surface area contributed by atoms with Crippen molar-refractivity contribution in [1.29, 1.82) is 0 Å². The Kier molecular flexibility index (Phi) is 4.59. The van der Waals surface area contributed by atoms with E-state index in [1.165, 1.54) is 9.75 Å². The molecule has 0 saturated carbocycles. The maximum absolute atomic E-state index is 12.5. The zero-order chi connectivity index (χ0) is 15.5. The topological polar surface area (TPSA) is 56.2 Å². The summed E-state index contributed by atoms with van der Waals surface area (Å²) in [5, 5.41) is 7.47. The Bertz CT molecular complexity index is 656. The molecule has 1 saturated heterocycles. The maximum atomic E-state index is 12.5. The summed E-state index contributed by atoms with van der Waals surface area (Å²) in [4.78, 5) is 15.0. The Morgan fingerprint density at radius 3 is 3.00 bits per heavy atom. The number of hydrogen-bond acceptors (Lipinski definition) is 4. The van der Waals surface area contributed by atoms with E-state index in [1.54, 1.807) is 22.2 Å². The Balaban J connectivity index is 1.69. The minimum Gasteiger partial charge on any atom is -0.381 e. The highest BCUT2D eigenvalue weighted by molar-refractivity contribution is 7.11. The lowest BCUT2D eigenvalue weighted by Gasteiger charge is -2.07. The number of carbonyl (C=O) groups excluding carboxylic acids is 1. The fourth-order valence-corrected chi connectivity index (χ4v) is 3.60. The van der Waals surface area contributed by atoms with E-state index in [0.29, 0.717) is 18.7 Å². The van der Waals surface area contributed by atoms with Crippen LogP contribution < -0.4 is 5.32 Å². The highest BCUT2D eigenvalue weighted by atomic mass is 32.1. The van der Waals surface area contributed by atoms with Crippen molar-refractivity contribution in [3.8, 4) is 0 Å². The molecule has 3 rings (SSSR count). The van der Waals surface area contributed by atoms with Gasteiger partial charge >= 0.3 is 0 Å². The summed E-state index contributed by atoms with van der Waals surface area (Å²) < 4.78 is 7.13. The Hall–Kier alpha value is -1.66. The lowest BCUT2D eigenvalue weighted by molar-refractivity contribution is 0.0949. The van der Waals surface area contributed by atoms with Gasteiger partial charge in [-0.05, 0) is 25.0 Å². The lowest BCUT2D eigenvalue weighted by atomic mass is 10.0. The van der Waals surface area contributed by atoms with E-state index in [1.807, 2.05) is 7.05 Å². The zero-order valence-electron chi connectivity index (χ0n) is 13.0. The number of amides is 1. The molecule has 0 aromatic carbocycles. The molecule has 2 aromatic rings. The molecular weight excluding hydrogens is 298 g/mol. The fraction of sp³-hybridized carbons (Fsp3) is 0.500.